The van der Waals surface area contributed by atoms with Gasteiger partial charge >= 0.3 is 0 Å². The molecule has 1 aliphatic carbocycles. The van der Waals surface area contributed by atoms with Crippen molar-refractivity contribution in [3.8, 4) is 0 Å². The van der Waals surface area contributed by atoms with E-state index < -0.39 is 0 Å². The van der Waals surface area contributed by atoms with Crippen LogP contribution in [-0.4, -0.2) is 11.9 Å². The van der Waals surface area contributed by atoms with E-state index in [-0.39, 0.29) is 5.91 Å². The van der Waals surface area contributed by atoms with Crippen LogP contribution in [0.2, 0.25) is 5.02 Å². The van der Waals surface area contributed by atoms with Crippen molar-refractivity contribution in [2.75, 3.05) is 0 Å². The highest BCUT2D eigenvalue weighted by molar-refractivity contribution is 6.30. The van der Waals surface area contributed by atoms with Crippen molar-refractivity contribution in [2.24, 2.45) is 5.92 Å². The summed E-state index contributed by atoms with van der Waals surface area (Å²) in [6.45, 7) is 2.23. The monoisotopic (exact) mass is 263 g/mol. The Kier molecular flexibility index (Phi) is 4.43. The Hall–Kier alpha value is -1.28. The van der Waals surface area contributed by atoms with Crippen molar-refractivity contribution in [3.63, 3.8) is 0 Å². The van der Waals surface area contributed by atoms with E-state index in [4.69, 9.17) is 11.6 Å². The molecule has 0 heterocycles. The lowest BCUT2D eigenvalue weighted by atomic mass is 10.1. The molecular weight excluding hydrogens is 246 g/mol. The number of hydrogen-bond acceptors (Lipinski definition) is 1. The van der Waals surface area contributed by atoms with Crippen LogP contribution in [-0.2, 0) is 4.79 Å². The van der Waals surface area contributed by atoms with Crippen molar-refractivity contribution in [1.29, 1.82) is 0 Å². The maximum atomic E-state index is 11.7. The highest BCUT2D eigenvalue weighted by Crippen LogP contribution is 2.24. The average Bonchev–Trinajstić information content (AvgIpc) is 2.74. The second-order valence-corrected chi connectivity index (χ2v) is 5.45. The first-order chi connectivity index (χ1) is 8.63. The maximum Gasteiger partial charge on any atom is 0.244 e. The second kappa shape index (κ2) is 6.05. The highest BCUT2D eigenvalue weighted by atomic mass is 35.5. The third-order valence-electron chi connectivity index (χ3n) is 3.34. The number of halogens is 1. The molecular formula is C15H18ClNO. The van der Waals surface area contributed by atoms with Crippen molar-refractivity contribution in [1.82, 2.24) is 5.32 Å². The molecule has 2 atom stereocenters. The number of benzene rings is 1. The summed E-state index contributed by atoms with van der Waals surface area (Å²) in [5.41, 5.74) is 0.981. The fourth-order valence-corrected chi connectivity index (χ4v) is 2.46. The van der Waals surface area contributed by atoms with Crippen LogP contribution in [0.5, 0.6) is 0 Å². The van der Waals surface area contributed by atoms with Gasteiger partial charge in [-0.15, -0.1) is 0 Å². The first-order valence-electron chi connectivity index (χ1n) is 6.37. The summed E-state index contributed by atoms with van der Waals surface area (Å²) >= 11 is 5.80. The van der Waals surface area contributed by atoms with Gasteiger partial charge in [-0.25, -0.2) is 0 Å². The summed E-state index contributed by atoms with van der Waals surface area (Å²) in [7, 11) is 0. The van der Waals surface area contributed by atoms with Crippen LogP contribution in [0, 0.1) is 5.92 Å². The zero-order chi connectivity index (χ0) is 13.0. The van der Waals surface area contributed by atoms with E-state index in [1.807, 2.05) is 30.3 Å². The standard InChI is InChI=1S/C15H18ClNO/c1-11-2-8-14(10-11)17-15(18)9-5-12-3-6-13(16)7-4-12/h3-7,9,11,14H,2,8,10H2,1H3,(H,17,18)/b9-5+. The fourth-order valence-electron chi connectivity index (χ4n) is 2.33. The minimum absolute atomic E-state index is 0.0101. The van der Waals surface area contributed by atoms with Crippen LogP contribution in [0.15, 0.2) is 30.3 Å². The van der Waals surface area contributed by atoms with E-state index in [0.717, 1.165) is 24.3 Å². The first kappa shape index (κ1) is 13.2. The third kappa shape index (κ3) is 3.88. The van der Waals surface area contributed by atoms with Crippen LogP contribution in [0.3, 0.4) is 0 Å². The molecule has 0 aromatic heterocycles. The van der Waals surface area contributed by atoms with Crippen LogP contribution in [0.4, 0.5) is 0 Å². The van der Waals surface area contributed by atoms with Gasteiger partial charge in [0.15, 0.2) is 0 Å². The number of carbonyl (C=O) groups is 1. The summed E-state index contributed by atoms with van der Waals surface area (Å²) in [5.74, 6) is 0.722. The van der Waals surface area contributed by atoms with Gasteiger partial charge in [-0.1, -0.05) is 30.7 Å². The van der Waals surface area contributed by atoms with Gasteiger partial charge in [-0.05, 0) is 49.0 Å². The van der Waals surface area contributed by atoms with Gasteiger partial charge in [-0.3, -0.25) is 4.79 Å². The molecule has 18 heavy (non-hydrogen) atoms. The Bertz CT molecular complexity index is 438. The van der Waals surface area contributed by atoms with Gasteiger partial charge in [0.25, 0.3) is 0 Å². The lowest BCUT2D eigenvalue weighted by Gasteiger charge is -2.09. The maximum absolute atomic E-state index is 11.7. The van der Waals surface area contributed by atoms with Gasteiger partial charge < -0.3 is 5.32 Å². The topological polar surface area (TPSA) is 29.1 Å². The fraction of sp³-hybridized carbons (Fsp3) is 0.400. The molecule has 1 N–H and O–H groups in total. The zero-order valence-electron chi connectivity index (χ0n) is 10.5. The molecule has 0 radical (unpaired) electrons. The molecule has 1 aliphatic rings. The normalized spacial score (nSPS) is 23.4. The molecule has 96 valence electrons. The SMILES string of the molecule is CC1CCC(NC(=O)/C=C/c2ccc(Cl)cc2)C1. The number of nitrogens with one attached hydrogen (secondary N) is 1. The molecule has 0 bridgehead atoms. The largest absolute Gasteiger partial charge is 0.350 e. The van der Waals surface area contributed by atoms with E-state index in [1.54, 1.807) is 6.08 Å². The minimum atomic E-state index is -0.0101. The number of rotatable bonds is 3. The molecule has 1 amide bonds. The molecule has 0 spiro atoms. The summed E-state index contributed by atoms with van der Waals surface area (Å²) in [6.07, 6.45) is 6.81. The Balaban J connectivity index is 1.85. The third-order valence-corrected chi connectivity index (χ3v) is 3.59. The number of carbonyl (C=O) groups excluding carboxylic acids is 1. The lowest BCUT2D eigenvalue weighted by molar-refractivity contribution is -0.117. The quantitative estimate of drug-likeness (QED) is 0.829. The molecule has 2 nitrogen and oxygen atoms in total. The van der Waals surface area contributed by atoms with E-state index >= 15 is 0 Å². The van der Waals surface area contributed by atoms with E-state index in [1.165, 1.54) is 6.42 Å². The van der Waals surface area contributed by atoms with E-state index in [0.29, 0.717) is 11.1 Å². The summed E-state index contributed by atoms with van der Waals surface area (Å²) < 4.78 is 0. The Morgan fingerprint density at radius 2 is 2.06 bits per heavy atom. The van der Waals surface area contributed by atoms with Crippen molar-refractivity contribution < 1.29 is 4.79 Å². The zero-order valence-corrected chi connectivity index (χ0v) is 11.3. The number of hydrogen-bond donors (Lipinski definition) is 1. The van der Waals surface area contributed by atoms with E-state index in [2.05, 4.69) is 12.2 Å². The minimum Gasteiger partial charge on any atom is -0.350 e. The Morgan fingerprint density at radius 3 is 2.67 bits per heavy atom. The van der Waals surface area contributed by atoms with Crippen LogP contribution >= 0.6 is 11.6 Å². The summed E-state index contributed by atoms with van der Waals surface area (Å²) in [6, 6.07) is 7.77. The molecule has 3 heteroatoms. The van der Waals surface area contributed by atoms with Gasteiger partial charge in [-0.2, -0.15) is 0 Å². The Labute approximate surface area is 113 Å². The molecule has 2 rings (SSSR count). The highest BCUT2D eigenvalue weighted by Gasteiger charge is 2.21. The van der Waals surface area contributed by atoms with Crippen molar-refractivity contribution >= 4 is 23.6 Å². The average molecular weight is 264 g/mol. The van der Waals surface area contributed by atoms with Crippen molar-refractivity contribution in [2.45, 2.75) is 32.2 Å². The molecule has 1 aromatic carbocycles. The molecule has 0 saturated heterocycles. The molecule has 1 saturated carbocycles. The van der Waals surface area contributed by atoms with Crippen LogP contribution < -0.4 is 5.32 Å². The molecule has 2 unspecified atom stereocenters. The summed E-state index contributed by atoms with van der Waals surface area (Å²) in [5, 5.41) is 3.74. The Morgan fingerprint density at radius 1 is 1.33 bits per heavy atom. The lowest BCUT2D eigenvalue weighted by Crippen LogP contribution is -2.31. The first-order valence-corrected chi connectivity index (χ1v) is 6.75. The molecule has 1 fully saturated rings. The van der Waals surface area contributed by atoms with Gasteiger partial charge in [0.05, 0.1) is 0 Å². The smallest absolute Gasteiger partial charge is 0.244 e. The van der Waals surface area contributed by atoms with Crippen LogP contribution in [0.25, 0.3) is 6.08 Å². The van der Waals surface area contributed by atoms with Crippen LogP contribution in [0.1, 0.15) is 31.7 Å². The van der Waals surface area contributed by atoms with Gasteiger partial charge in [0.1, 0.15) is 0 Å². The summed E-state index contributed by atoms with van der Waals surface area (Å²) in [4.78, 5) is 11.7. The second-order valence-electron chi connectivity index (χ2n) is 5.01. The number of amides is 1. The van der Waals surface area contributed by atoms with E-state index in [9.17, 15) is 4.79 Å². The predicted molar refractivity (Wildman–Crippen MR) is 75.4 cm³/mol. The molecule has 0 aliphatic heterocycles. The van der Waals surface area contributed by atoms with Crippen molar-refractivity contribution in [3.05, 3.63) is 40.9 Å². The van der Waals surface area contributed by atoms with Gasteiger partial charge in [0.2, 0.25) is 5.91 Å². The van der Waals surface area contributed by atoms with Gasteiger partial charge in [0, 0.05) is 17.1 Å². The molecule has 1 aromatic rings. The predicted octanol–water partition coefficient (Wildman–Crippen LogP) is 3.66.